The number of tetrazole rings is 1. The summed E-state index contributed by atoms with van der Waals surface area (Å²) in [4.78, 5) is 12.2. The van der Waals surface area contributed by atoms with Crippen LogP contribution in [-0.2, 0) is 6.61 Å². The topological polar surface area (TPSA) is 103 Å². The molecular weight excluding hydrogens is 312 g/mol. The standard InChI is InChI=1S/C16H12N4O4/c1-22-9-2-4-11-12-5-3-10(23-8-15-17-19-20-18-15)7-14(12)24-16(21)13(11)6-9/h2-7H,8H2,1H3,(H,17,18,19,20). The van der Waals surface area contributed by atoms with Gasteiger partial charge in [-0.25, -0.2) is 4.79 Å². The zero-order valence-corrected chi connectivity index (χ0v) is 12.6. The third kappa shape index (κ3) is 2.43. The summed E-state index contributed by atoms with van der Waals surface area (Å²) in [5, 5.41) is 15.5. The summed E-state index contributed by atoms with van der Waals surface area (Å²) in [6.45, 7) is 0.164. The van der Waals surface area contributed by atoms with E-state index in [9.17, 15) is 4.79 Å². The molecular formula is C16H12N4O4. The Balaban J connectivity index is 1.77. The maximum atomic E-state index is 12.2. The number of ether oxygens (including phenoxy) is 2. The fourth-order valence-corrected chi connectivity index (χ4v) is 2.50. The molecule has 8 heteroatoms. The predicted octanol–water partition coefficient (Wildman–Crippen LogP) is 2.05. The molecule has 120 valence electrons. The van der Waals surface area contributed by atoms with Crippen molar-refractivity contribution in [3.8, 4) is 11.5 Å². The number of hydrogen-bond donors (Lipinski definition) is 1. The lowest BCUT2D eigenvalue weighted by Crippen LogP contribution is -2.01. The van der Waals surface area contributed by atoms with Crippen molar-refractivity contribution >= 4 is 21.7 Å². The third-order valence-electron chi connectivity index (χ3n) is 3.65. The summed E-state index contributed by atoms with van der Waals surface area (Å²) in [6, 6.07) is 10.6. The number of methoxy groups -OCH3 is 1. The molecule has 4 aromatic rings. The van der Waals surface area contributed by atoms with E-state index in [1.54, 1.807) is 25.3 Å². The molecule has 2 aromatic carbocycles. The number of nitrogens with zero attached hydrogens (tertiary/aromatic N) is 3. The van der Waals surface area contributed by atoms with Crippen molar-refractivity contribution in [1.82, 2.24) is 20.6 Å². The van der Waals surface area contributed by atoms with Gasteiger partial charge in [0.05, 0.1) is 12.5 Å². The summed E-state index contributed by atoms with van der Waals surface area (Å²) < 4.78 is 16.1. The van der Waals surface area contributed by atoms with Crippen molar-refractivity contribution in [2.24, 2.45) is 0 Å². The number of benzene rings is 2. The Morgan fingerprint density at radius 1 is 1.08 bits per heavy atom. The Labute approximate surface area is 135 Å². The molecule has 0 fully saturated rings. The van der Waals surface area contributed by atoms with Crippen LogP contribution in [0.15, 0.2) is 45.6 Å². The van der Waals surface area contributed by atoms with Crippen molar-refractivity contribution in [3.05, 3.63) is 52.6 Å². The molecule has 0 atom stereocenters. The molecule has 24 heavy (non-hydrogen) atoms. The molecule has 0 aliphatic rings. The molecule has 1 N–H and O–H groups in total. The van der Waals surface area contributed by atoms with E-state index in [1.807, 2.05) is 18.2 Å². The van der Waals surface area contributed by atoms with Crippen LogP contribution in [-0.4, -0.2) is 27.7 Å². The lowest BCUT2D eigenvalue weighted by atomic mass is 10.1. The Kier molecular flexibility index (Phi) is 3.34. The number of nitrogens with one attached hydrogen (secondary N) is 1. The number of fused-ring (bicyclic) bond motifs is 3. The van der Waals surface area contributed by atoms with Gasteiger partial charge in [-0.15, -0.1) is 10.2 Å². The Morgan fingerprint density at radius 3 is 2.71 bits per heavy atom. The summed E-state index contributed by atoms with van der Waals surface area (Å²) in [6.07, 6.45) is 0. The molecule has 8 nitrogen and oxygen atoms in total. The van der Waals surface area contributed by atoms with Crippen LogP contribution in [0.1, 0.15) is 5.82 Å². The van der Waals surface area contributed by atoms with Gasteiger partial charge >= 0.3 is 5.63 Å². The van der Waals surface area contributed by atoms with Crippen LogP contribution in [0.2, 0.25) is 0 Å². The van der Waals surface area contributed by atoms with Crippen molar-refractivity contribution in [1.29, 1.82) is 0 Å². The average molecular weight is 324 g/mol. The maximum absolute atomic E-state index is 12.2. The number of H-pyrrole nitrogens is 1. The van der Waals surface area contributed by atoms with Crippen LogP contribution >= 0.6 is 0 Å². The lowest BCUT2D eigenvalue weighted by molar-refractivity contribution is 0.296. The fraction of sp³-hybridized carbons (Fsp3) is 0.125. The van der Waals surface area contributed by atoms with E-state index in [1.165, 1.54) is 0 Å². The van der Waals surface area contributed by atoms with E-state index in [-0.39, 0.29) is 6.61 Å². The quantitative estimate of drug-likeness (QED) is 0.452. The minimum absolute atomic E-state index is 0.164. The summed E-state index contributed by atoms with van der Waals surface area (Å²) in [7, 11) is 1.55. The van der Waals surface area contributed by atoms with Crippen LogP contribution in [0, 0.1) is 0 Å². The van der Waals surface area contributed by atoms with Crippen LogP contribution in [0.4, 0.5) is 0 Å². The second-order valence-corrected chi connectivity index (χ2v) is 5.08. The number of aromatic nitrogens is 4. The molecule has 4 rings (SSSR count). The molecule has 2 aromatic heterocycles. The minimum Gasteiger partial charge on any atom is -0.497 e. The van der Waals surface area contributed by atoms with Crippen molar-refractivity contribution < 1.29 is 13.9 Å². The van der Waals surface area contributed by atoms with E-state index in [0.717, 1.165) is 10.8 Å². The Morgan fingerprint density at radius 2 is 1.92 bits per heavy atom. The monoisotopic (exact) mass is 324 g/mol. The lowest BCUT2D eigenvalue weighted by Gasteiger charge is -2.07. The highest BCUT2D eigenvalue weighted by molar-refractivity contribution is 6.04. The Hall–Kier alpha value is -3.42. The van der Waals surface area contributed by atoms with E-state index in [2.05, 4.69) is 20.6 Å². The summed E-state index contributed by atoms with van der Waals surface area (Å²) >= 11 is 0. The van der Waals surface area contributed by atoms with Crippen LogP contribution in [0.3, 0.4) is 0 Å². The molecule has 2 heterocycles. The second-order valence-electron chi connectivity index (χ2n) is 5.08. The smallest absolute Gasteiger partial charge is 0.344 e. The van der Waals surface area contributed by atoms with E-state index in [0.29, 0.717) is 28.3 Å². The average Bonchev–Trinajstić information content (AvgIpc) is 3.13. The van der Waals surface area contributed by atoms with Gasteiger partial charge < -0.3 is 13.9 Å². The molecule has 0 unspecified atom stereocenters. The zero-order valence-electron chi connectivity index (χ0n) is 12.6. The molecule has 0 amide bonds. The second kappa shape index (κ2) is 5.65. The minimum atomic E-state index is -0.424. The van der Waals surface area contributed by atoms with Crippen LogP contribution in [0.5, 0.6) is 11.5 Å². The first-order valence-electron chi connectivity index (χ1n) is 7.14. The molecule has 0 spiro atoms. The van der Waals surface area contributed by atoms with Crippen molar-refractivity contribution in [2.75, 3.05) is 7.11 Å². The van der Waals surface area contributed by atoms with Crippen LogP contribution < -0.4 is 15.1 Å². The highest BCUT2D eigenvalue weighted by Gasteiger charge is 2.10. The van der Waals surface area contributed by atoms with Crippen molar-refractivity contribution in [3.63, 3.8) is 0 Å². The summed E-state index contributed by atoms with van der Waals surface area (Å²) in [5.74, 6) is 1.58. The first kappa shape index (κ1) is 14.2. The number of hydrogen-bond acceptors (Lipinski definition) is 7. The molecule has 0 saturated carbocycles. The maximum Gasteiger partial charge on any atom is 0.344 e. The van der Waals surface area contributed by atoms with E-state index < -0.39 is 5.63 Å². The van der Waals surface area contributed by atoms with Crippen molar-refractivity contribution in [2.45, 2.75) is 6.61 Å². The molecule has 0 radical (unpaired) electrons. The largest absolute Gasteiger partial charge is 0.497 e. The molecule has 0 bridgehead atoms. The highest BCUT2D eigenvalue weighted by atomic mass is 16.5. The van der Waals surface area contributed by atoms with Gasteiger partial charge in [-0.2, -0.15) is 5.21 Å². The SMILES string of the molecule is COc1ccc2c(c1)c(=O)oc1cc(OCc3nn[nH]n3)ccc12. The van der Waals surface area contributed by atoms with Gasteiger partial charge in [0.25, 0.3) is 0 Å². The molecule has 0 aliphatic heterocycles. The number of aromatic amines is 1. The normalized spacial score (nSPS) is 11.0. The molecule has 0 aliphatic carbocycles. The zero-order chi connectivity index (χ0) is 16.5. The summed E-state index contributed by atoms with van der Waals surface area (Å²) in [5.41, 5.74) is 0.0231. The van der Waals surface area contributed by atoms with Gasteiger partial charge in [-0.05, 0) is 30.3 Å². The van der Waals surface area contributed by atoms with Gasteiger partial charge in [0.15, 0.2) is 6.61 Å². The van der Waals surface area contributed by atoms with E-state index in [4.69, 9.17) is 13.9 Å². The number of rotatable bonds is 4. The highest BCUT2D eigenvalue weighted by Crippen LogP contribution is 2.28. The molecule has 0 saturated heterocycles. The van der Waals surface area contributed by atoms with Gasteiger partial charge in [0.1, 0.15) is 17.1 Å². The van der Waals surface area contributed by atoms with Gasteiger partial charge in [0.2, 0.25) is 5.82 Å². The van der Waals surface area contributed by atoms with Gasteiger partial charge in [0, 0.05) is 16.8 Å². The first-order chi connectivity index (χ1) is 11.7. The third-order valence-corrected chi connectivity index (χ3v) is 3.65. The fourth-order valence-electron chi connectivity index (χ4n) is 2.50. The van der Waals surface area contributed by atoms with Gasteiger partial charge in [-0.3, -0.25) is 0 Å². The Bertz CT molecular complexity index is 1070. The first-order valence-corrected chi connectivity index (χ1v) is 7.14. The van der Waals surface area contributed by atoms with E-state index >= 15 is 0 Å². The predicted molar refractivity (Wildman–Crippen MR) is 85.1 cm³/mol. The van der Waals surface area contributed by atoms with Gasteiger partial charge in [-0.1, -0.05) is 5.21 Å². The van der Waals surface area contributed by atoms with Crippen LogP contribution in [0.25, 0.3) is 21.7 Å².